The zero-order valence-electron chi connectivity index (χ0n) is 10.4. The molecule has 0 aliphatic carbocycles. The van der Waals surface area contributed by atoms with Crippen molar-refractivity contribution in [1.82, 2.24) is 4.98 Å². The molecule has 0 unspecified atom stereocenters. The predicted molar refractivity (Wildman–Crippen MR) is 78.3 cm³/mol. The Labute approximate surface area is 124 Å². The topological polar surface area (TPSA) is 85.1 Å². The van der Waals surface area contributed by atoms with Gasteiger partial charge in [-0.2, -0.15) is 0 Å². The van der Waals surface area contributed by atoms with Crippen LogP contribution in [0.4, 0.5) is 15.8 Å². The Morgan fingerprint density at radius 2 is 2.00 bits per heavy atom. The molecule has 2 rings (SSSR count). The van der Waals surface area contributed by atoms with Crippen molar-refractivity contribution in [2.75, 3.05) is 10.5 Å². The van der Waals surface area contributed by atoms with E-state index in [-0.39, 0.29) is 4.90 Å². The van der Waals surface area contributed by atoms with Gasteiger partial charge in [0.15, 0.2) is 0 Å². The number of benzene rings is 1. The molecule has 1 aromatic heterocycles. The number of rotatable bonds is 3. The largest absolute Gasteiger partial charge is 0.395 e. The fourth-order valence-corrected chi connectivity index (χ4v) is 3.25. The van der Waals surface area contributed by atoms with Crippen LogP contribution >= 0.6 is 15.9 Å². The second-order valence-corrected chi connectivity index (χ2v) is 6.49. The van der Waals surface area contributed by atoms with Gasteiger partial charge in [-0.15, -0.1) is 0 Å². The molecule has 0 aliphatic heterocycles. The molecule has 20 heavy (non-hydrogen) atoms. The molecule has 0 spiro atoms. The maximum absolute atomic E-state index is 13.3. The molecule has 1 heterocycles. The van der Waals surface area contributed by atoms with Crippen LogP contribution in [0, 0.1) is 12.7 Å². The number of aromatic nitrogens is 1. The van der Waals surface area contributed by atoms with E-state index in [2.05, 4.69) is 25.6 Å². The van der Waals surface area contributed by atoms with Crippen LogP contribution in [0.1, 0.15) is 5.69 Å². The number of hydrogen-bond acceptors (Lipinski definition) is 4. The molecule has 8 heteroatoms. The van der Waals surface area contributed by atoms with Crippen LogP contribution in [0.25, 0.3) is 0 Å². The first-order chi connectivity index (χ1) is 9.31. The summed E-state index contributed by atoms with van der Waals surface area (Å²) in [6.45, 7) is 1.65. The van der Waals surface area contributed by atoms with Gasteiger partial charge >= 0.3 is 0 Å². The van der Waals surface area contributed by atoms with E-state index in [4.69, 9.17) is 5.73 Å². The van der Waals surface area contributed by atoms with Gasteiger partial charge in [0.25, 0.3) is 10.0 Å². The molecule has 1 aromatic carbocycles. The highest BCUT2D eigenvalue weighted by Gasteiger charge is 2.20. The third-order valence-corrected chi connectivity index (χ3v) is 4.46. The Balaban J connectivity index is 2.44. The summed E-state index contributed by atoms with van der Waals surface area (Å²) in [7, 11) is -3.97. The van der Waals surface area contributed by atoms with Crippen LogP contribution in [0.3, 0.4) is 0 Å². The maximum Gasteiger partial charge on any atom is 0.264 e. The molecule has 0 amide bonds. The molecular formula is C12H11BrFN3O2S. The predicted octanol–water partition coefficient (Wildman–Crippen LogP) is 2.67. The number of anilines is 2. The van der Waals surface area contributed by atoms with Gasteiger partial charge in [0, 0.05) is 0 Å². The number of nitrogens with zero attached hydrogens (tertiary/aromatic N) is 1. The van der Waals surface area contributed by atoms with E-state index in [1.807, 2.05) is 0 Å². The summed E-state index contributed by atoms with van der Waals surface area (Å²) < 4.78 is 40.7. The summed E-state index contributed by atoms with van der Waals surface area (Å²) in [6.07, 6.45) is 0. The molecular weight excluding hydrogens is 349 g/mol. The number of sulfonamides is 1. The van der Waals surface area contributed by atoms with Gasteiger partial charge in [0.05, 0.1) is 17.1 Å². The first kappa shape index (κ1) is 14.7. The first-order valence-corrected chi connectivity index (χ1v) is 7.79. The van der Waals surface area contributed by atoms with E-state index >= 15 is 0 Å². The highest BCUT2D eigenvalue weighted by atomic mass is 79.9. The molecule has 0 saturated carbocycles. The summed E-state index contributed by atoms with van der Waals surface area (Å²) in [5.74, 6) is -0.779. The standard InChI is InChI=1S/C12H11BrFN3O2S/c1-7-9(5-6-11(13)16-7)17-20(18,19)10-4-2-3-8(14)12(10)15/h2-6,17H,15H2,1H3. The smallest absolute Gasteiger partial charge is 0.264 e. The lowest BCUT2D eigenvalue weighted by molar-refractivity contribution is 0.597. The summed E-state index contributed by atoms with van der Waals surface area (Å²) >= 11 is 3.18. The average molecular weight is 360 g/mol. The minimum absolute atomic E-state index is 0.303. The summed E-state index contributed by atoms with van der Waals surface area (Å²) in [5, 5.41) is 0. The van der Waals surface area contributed by atoms with Crippen molar-refractivity contribution in [3.8, 4) is 0 Å². The van der Waals surface area contributed by atoms with E-state index in [9.17, 15) is 12.8 Å². The number of nitrogen functional groups attached to an aromatic ring is 1. The molecule has 2 aromatic rings. The Morgan fingerprint density at radius 1 is 1.30 bits per heavy atom. The Kier molecular flexibility index (Phi) is 3.96. The third-order valence-electron chi connectivity index (χ3n) is 2.60. The van der Waals surface area contributed by atoms with Gasteiger partial charge in [-0.3, -0.25) is 4.72 Å². The number of halogens is 2. The fourth-order valence-electron chi connectivity index (χ4n) is 1.59. The summed E-state index contributed by atoms with van der Waals surface area (Å²) in [4.78, 5) is 3.77. The van der Waals surface area contributed by atoms with Crippen LogP contribution in [-0.4, -0.2) is 13.4 Å². The van der Waals surface area contributed by atoms with E-state index in [1.165, 1.54) is 12.1 Å². The van der Waals surface area contributed by atoms with Gasteiger partial charge in [-0.05, 0) is 47.1 Å². The van der Waals surface area contributed by atoms with Crippen LogP contribution < -0.4 is 10.5 Å². The van der Waals surface area contributed by atoms with Crippen LogP contribution in [0.15, 0.2) is 39.8 Å². The Hall–Kier alpha value is -1.67. The van der Waals surface area contributed by atoms with Crippen molar-refractivity contribution in [3.05, 3.63) is 46.4 Å². The number of aryl methyl sites for hydroxylation is 1. The van der Waals surface area contributed by atoms with Crippen LogP contribution in [-0.2, 0) is 10.0 Å². The number of pyridine rings is 1. The first-order valence-electron chi connectivity index (χ1n) is 5.51. The lowest BCUT2D eigenvalue weighted by Crippen LogP contribution is -2.16. The van der Waals surface area contributed by atoms with Crippen molar-refractivity contribution in [3.63, 3.8) is 0 Å². The monoisotopic (exact) mass is 359 g/mol. The van der Waals surface area contributed by atoms with Crippen molar-refractivity contribution < 1.29 is 12.8 Å². The Morgan fingerprint density at radius 3 is 2.65 bits per heavy atom. The van der Waals surface area contributed by atoms with Gasteiger partial charge in [-0.1, -0.05) is 6.07 Å². The molecule has 0 aliphatic rings. The van der Waals surface area contributed by atoms with Crippen molar-refractivity contribution in [1.29, 1.82) is 0 Å². The van der Waals surface area contributed by atoms with Crippen molar-refractivity contribution in [2.45, 2.75) is 11.8 Å². The quantitative estimate of drug-likeness (QED) is 0.651. The van der Waals surface area contributed by atoms with E-state index in [0.29, 0.717) is 16.0 Å². The molecule has 0 saturated heterocycles. The minimum atomic E-state index is -3.97. The molecule has 106 valence electrons. The van der Waals surface area contributed by atoms with E-state index in [0.717, 1.165) is 6.07 Å². The van der Waals surface area contributed by atoms with Gasteiger partial charge < -0.3 is 5.73 Å². The van der Waals surface area contributed by atoms with Gasteiger partial charge in [0.2, 0.25) is 0 Å². The van der Waals surface area contributed by atoms with Crippen molar-refractivity contribution >= 4 is 37.3 Å². The van der Waals surface area contributed by atoms with Gasteiger partial charge in [0.1, 0.15) is 15.3 Å². The second-order valence-electron chi connectivity index (χ2n) is 4.02. The molecule has 0 radical (unpaired) electrons. The maximum atomic E-state index is 13.3. The molecule has 0 atom stereocenters. The third kappa shape index (κ3) is 2.91. The number of nitrogens with one attached hydrogen (secondary N) is 1. The highest BCUT2D eigenvalue weighted by Crippen LogP contribution is 2.25. The zero-order valence-corrected chi connectivity index (χ0v) is 12.8. The van der Waals surface area contributed by atoms with Crippen LogP contribution in [0.5, 0.6) is 0 Å². The van der Waals surface area contributed by atoms with Crippen molar-refractivity contribution in [2.24, 2.45) is 0 Å². The number of para-hydroxylation sites is 1. The van der Waals surface area contributed by atoms with Crippen LogP contribution in [0.2, 0.25) is 0 Å². The molecule has 0 bridgehead atoms. The average Bonchev–Trinajstić information content (AvgIpc) is 2.36. The fraction of sp³-hybridized carbons (Fsp3) is 0.0833. The highest BCUT2D eigenvalue weighted by molar-refractivity contribution is 9.10. The zero-order chi connectivity index (χ0) is 14.9. The summed E-state index contributed by atoms with van der Waals surface area (Å²) in [5.41, 5.74) is 5.84. The van der Waals surface area contributed by atoms with Gasteiger partial charge in [-0.25, -0.2) is 17.8 Å². The number of hydrogen-bond donors (Lipinski definition) is 2. The van der Waals surface area contributed by atoms with E-state index in [1.54, 1.807) is 19.1 Å². The molecule has 0 fully saturated rings. The number of nitrogens with two attached hydrogens (primary N) is 1. The summed E-state index contributed by atoms with van der Waals surface area (Å²) in [6, 6.07) is 6.77. The molecule has 5 nitrogen and oxygen atoms in total. The SMILES string of the molecule is Cc1nc(Br)ccc1NS(=O)(=O)c1cccc(F)c1N. The minimum Gasteiger partial charge on any atom is -0.395 e. The van der Waals surface area contributed by atoms with E-state index < -0.39 is 21.5 Å². The lowest BCUT2D eigenvalue weighted by atomic mass is 10.3. The Bertz CT molecular complexity index is 765. The lowest BCUT2D eigenvalue weighted by Gasteiger charge is -2.12. The normalized spacial score (nSPS) is 11.3. The molecule has 3 N–H and O–H groups in total. The second kappa shape index (κ2) is 5.37.